The molecule has 0 saturated carbocycles. The minimum Gasteiger partial charge on any atom is -0.298 e. The van der Waals surface area contributed by atoms with Crippen molar-refractivity contribution in [3.8, 4) is 0 Å². The molecule has 0 saturated heterocycles. The monoisotopic (exact) mass is 259 g/mol. The summed E-state index contributed by atoms with van der Waals surface area (Å²) in [5, 5.41) is 0. The number of hydrogen-bond donors (Lipinski definition) is 0. The van der Waals surface area contributed by atoms with Crippen molar-refractivity contribution >= 4 is 17.6 Å². The fourth-order valence-electron chi connectivity index (χ4n) is 2.39. The van der Waals surface area contributed by atoms with Gasteiger partial charge < -0.3 is 0 Å². The maximum absolute atomic E-state index is 12.3. The Bertz CT molecular complexity index is 513. The number of hydrogen-bond acceptors (Lipinski definition) is 3. The number of amides is 2. The van der Waals surface area contributed by atoms with Crippen LogP contribution in [0.25, 0.3) is 0 Å². The Morgan fingerprint density at radius 1 is 1.11 bits per heavy atom. The van der Waals surface area contributed by atoms with Gasteiger partial charge in [0.05, 0.1) is 17.2 Å². The molecule has 19 heavy (non-hydrogen) atoms. The number of imide groups is 1. The number of benzene rings is 1. The van der Waals surface area contributed by atoms with Gasteiger partial charge in [0.1, 0.15) is 0 Å². The van der Waals surface area contributed by atoms with E-state index in [1.165, 1.54) is 6.92 Å². The van der Waals surface area contributed by atoms with Crippen LogP contribution in [0.5, 0.6) is 0 Å². The number of fused-ring (bicyclic) bond motifs is 1. The van der Waals surface area contributed by atoms with Crippen LogP contribution in [-0.4, -0.2) is 28.5 Å². The molecular formula is C15H17NO3. The summed E-state index contributed by atoms with van der Waals surface area (Å²) in [4.78, 5) is 37.5. The van der Waals surface area contributed by atoms with Crippen molar-refractivity contribution in [3.05, 3.63) is 35.4 Å². The summed E-state index contributed by atoms with van der Waals surface area (Å²) in [7, 11) is 0. The lowest BCUT2D eigenvalue weighted by Gasteiger charge is -2.25. The lowest BCUT2D eigenvalue weighted by Crippen LogP contribution is -2.44. The SMILES string of the molecule is CC(=O)[C@H](CC(C)C)N1C(=O)c2ccccc2C1=O. The first-order valence-electron chi connectivity index (χ1n) is 6.41. The molecule has 1 atom stereocenters. The third-order valence-corrected chi connectivity index (χ3v) is 3.30. The lowest BCUT2D eigenvalue weighted by molar-refractivity contribution is -0.121. The number of nitrogens with zero attached hydrogens (tertiary/aromatic N) is 1. The highest BCUT2D eigenvalue weighted by Gasteiger charge is 2.41. The van der Waals surface area contributed by atoms with Gasteiger partial charge in [-0.05, 0) is 31.4 Å². The van der Waals surface area contributed by atoms with E-state index in [9.17, 15) is 14.4 Å². The molecule has 1 heterocycles. The number of rotatable bonds is 4. The van der Waals surface area contributed by atoms with E-state index in [4.69, 9.17) is 0 Å². The molecule has 2 amide bonds. The van der Waals surface area contributed by atoms with Crippen molar-refractivity contribution in [1.29, 1.82) is 0 Å². The lowest BCUT2D eigenvalue weighted by atomic mass is 9.99. The summed E-state index contributed by atoms with van der Waals surface area (Å²) >= 11 is 0. The van der Waals surface area contributed by atoms with Crippen molar-refractivity contribution in [3.63, 3.8) is 0 Å². The fraction of sp³-hybridized carbons (Fsp3) is 0.400. The van der Waals surface area contributed by atoms with Gasteiger partial charge in [-0.3, -0.25) is 19.3 Å². The highest BCUT2D eigenvalue weighted by atomic mass is 16.2. The van der Waals surface area contributed by atoms with Gasteiger partial charge in [0.15, 0.2) is 5.78 Å². The van der Waals surface area contributed by atoms with E-state index < -0.39 is 6.04 Å². The third kappa shape index (κ3) is 2.30. The topological polar surface area (TPSA) is 54.5 Å². The van der Waals surface area contributed by atoms with Crippen LogP contribution in [0.15, 0.2) is 24.3 Å². The molecule has 0 unspecified atom stereocenters. The Kier molecular flexibility index (Phi) is 3.51. The minimum absolute atomic E-state index is 0.150. The summed E-state index contributed by atoms with van der Waals surface area (Å²) in [6.07, 6.45) is 0.501. The molecule has 2 rings (SSSR count). The smallest absolute Gasteiger partial charge is 0.262 e. The number of carbonyl (C=O) groups excluding carboxylic acids is 3. The van der Waals surface area contributed by atoms with E-state index in [1.807, 2.05) is 13.8 Å². The first-order valence-corrected chi connectivity index (χ1v) is 6.41. The average Bonchev–Trinajstić information content (AvgIpc) is 2.60. The van der Waals surface area contributed by atoms with E-state index >= 15 is 0 Å². The van der Waals surface area contributed by atoms with Crippen LogP contribution in [0.1, 0.15) is 47.9 Å². The maximum atomic E-state index is 12.3. The first kappa shape index (κ1) is 13.5. The minimum atomic E-state index is -0.660. The van der Waals surface area contributed by atoms with E-state index in [0.717, 1.165) is 4.90 Å². The van der Waals surface area contributed by atoms with Gasteiger partial charge in [0, 0.05) is 0 Å². The molecule has 1 aliphatic rings. The van der Waals surface area contributed by atoms with Crippen LogP contribution >= 0.6 is 0 Å². The predicted octanol–water partition coefficient (Wildman–Crippen LogP) is 2.29. The Balaban J connectivity index is 2.39. The molecule has 0 fully saturated rings. The Labute approximate surface area is 112 Å². The Morgan fingerprint density at radius 2 is 1.58 bits per heavy atom. The Morgan fingerprint density at radius 3 is 1.95 bits per heavy atom. The molecule has 4 heteroatoms. The van der Waals surface area contributed by atoms with Gasteiger partial charge >= 0.3 is 0 Å². The second-order valence-electron chi connectivity index (χ2n) is 5.28. The molecular weight excluding hydrogens is 242 g/mol. The zero-order chi connectivity index (χ0) is 14.2. The summed E-state index contributed by atoms with van der Waals surface area (Å²) in [6, 6.07) is 6.04. The van der Waals surface area contributed by atoms with Gasteiger partial charge in [-0.25, -0.2) is 0 Å². The van der Waals surface area contributed by atoms with Crippen LogP contribution in [0.4, 0.5) is 0 Å². The summed E-state index contributed by atoms with van der Waals surface area (Å²) in [5.74, 6) is -0.635. The summed E-state index contributed by atoms with van der Waals surface area (Å²) < 4.78 is 0. The Hall–Kier alpha value is -1.97. The molecule has 1 aliphatic heterocycles. The summed E-state index contributed by atoms with van der Waals surface area (Å²) in [5.41, 5.74) is 0.782. The maximum Gasteiger partial charge on any atom is 0.262 e. The molecule has 100 valence electrons. The van der Waals surface area contributed by atoms with Gasteiger partial charge in [-0.2, -0.15) is 0 Å². The van der Waals surface area contributed by atoms with Crippen molar-refractivity contribution in [2.75, 3.05) is 0 Å². The quantitative estimate of drug-likeness (QED) is 0.779. The van der Waals surface area contributed by atoms with Gasteiger partial charge in [-0.1, -0.05) is 26.0 Å². The fourth-order valence-corrected chi connectivity index (χ4v) is 2.39. The van der Waals surface area contributed by atoms with E-state index in [2.05, 4.69) is 0 Å². The van der Waals surface area contributed by atoms with Crippen LogP contribution in [0.2, 0.25) is 0 Å². The van der Waals surface area contributed by atoms with Crippen molar-refractivity contribution < 1.29 is 14.4 Å². The van der Waals surface area contributed by atoms with Gasteiger partial charge in [-0.15, -0.1) is 0 Å². The molecule has 1 aromatic carbocycles. The first-order chi connectivity index (χ1) is 8.93. The van der Waals surface area contributed by atoms with Crippen molar-refractivity contribution in [1.82, 2.24) is 4.90 Å². The predicted molar refractivity (Wildman–Crippen MR) is 70.9 cm³/mol. The van der Waals surface area contributed by atoms with Crippen LogP contribution in [0.3, 0.4) is 0 Å². The highest BCUT2D eigenvalue weighted by molar-refractivity contribution is 6.22. The molecule has 4 nitrogen and oxygen atoms in total. The van der Waals surface area contributed by atoms with Gasteiger partial charge in [0.2, 0.25) is 0 Å². The number of Topliss-reactive ketones (excluding diaryl/α,β-unsaturated/α-hetero) is 1. The molecule has 0 spiro atoms. The van der Waals surface area contributed by atoms with Crippen molar-refractivity contribution in [2.45, 2.75) is 33.2 Å². The standard InChI is InChI=1S/C15H17NO3/c1-9(2)8-13(10(3)17)16-14(18)11-6-4-5-7-12(11)15(16)19/h4-7,9,13H,8H2,1-3H3/t13-/m0/s1. The number of ketones is 1. The zero-order valence-corrected chi connectivity index (χ0v) is 11.3. The third-order valence-electron chi connectivity index (χ3n) is 3.30. The van der Waals surface area contributed by atoms with Crippen LogP contribution < -0.4 is 0 Å². The summed E-state index contributed by atoms with van der Waals surface area (Å²) in [6.45, 7) is 5.36. The normalized spacial score (nSPS) is 15.9. The van der Waals surface area contributed by atoms with Crippen LogP contribution in [-0.2, 0) is 4.79 Å². The van der Waals surface area contributed by atoms with E-state index in [0.29, 0.717) is 17.5 Å². The van der Waals surface area contributed by atoms with E-state index in [1.54, 1.807) is 24.3 Å². The van der Waals surface area contributed by atoms with Crippen LogP contribution in [0, 0.1) is 5.92 Å². The van der Waals surface area contributed by atoms with Crippen molar-refractivity contribution in [2.24, 2.45) is 5.92 Å². The van der Waals surface area contributed by atoms with Gasteiger partial charge in [0.25, 0.3) is 11.8 Å². The molecule has 0 radical (unpaired) electrons. The second-order valence-corrected chi connectivity index (χ2v) is 5.28. The number of carbonyl (C=O) groups is 3. The zero-order valence-electron chi connectivity index (χ0n) is 11.3. The molecule has 1 aromatic rings. The molecule has 0 aliphatic carbocycles. The largest absolute Gasteiger partial charge is 0.298 e. The second kappa shape index (κ2) is 4.96. The molecule has 0 N–H and O–H groups in total. The van der Waals surface area contributed by atoms with E-state index in [-0.39, 0.29) is 23.5 Å². The highest BCUT2D eigenvalue weighted by Crippen LogP contribution is 2.27. The molecule has 0 bridgehead atoms. The molecule has 0 aromatic heterocycles. The average molecular weight is 259 g/mol.